The molecule has 3 atom stereocenters. The number of hydrogen-bond donors (Lipinski definition) is 3. The van der Waals surface area contributed by atoms with Gasteiger partial charge in [0.05, 0.1) is 46.1 Å². The first-order chi connectivity index (χ1) is 20.6. The monoisotopic (exact) mass is 647 g/mol. The van der Waals surface area contributed by atoms with Gasteiger partial charge in [0.15, 0.2) is 0 Å². The summed E-state index contributed by atoms with van der Waals surface area (Å²) >= 11 is 3.29. The van der Waals surface area contributed by atoms with Crippen molar-refractivity contribution in [2.24, 2.45) is 5.73 Å². The quantitative estimate of drug-likeness (QED) is 0.181. The first kappa shape index (κ1) is 29.8. The Kier molecular flexibility index (Phi) is 8.23. The van der Waals surface area contributed by atoms with Gasteiger partial charge >= 0.3 is 0 Å². The number of fused-ring (bicyclic) bond motifs is 2. The highest BCUT2D eigenvalue weighted by Crippen LogP contribution is 2.45. The van der Waals surface area contributed by atoms with Crippen LogP contribution in [0.3, 0.4) is 0 Å². The molecule has 0 spiro atoms. The number of rotatable bonds is 8. The third-order valence-corrected chi connectivity index (χ3v) is 8.52. The number of carbonyl (C=O) groups is 2. The van der Waals surface area contributed by atoms with Crippen molar-refractivity contribution in [3.8, 4) is 5.75 Å². The number of carbonyl (C=O) groups excluding carboxylic acids is 2. The highest BCUT2D eigenvalue weighted by molar-refractivity contribution is 9.10. The molecule has 1 aromatic heterocycles. The maximum absolute atomic E-state index is 14.0. The van der Waals surface area contributed by atoms with Crippen LogP contribution in [0.2, 0.25) is 0 Å². The summed E-state index contributed by atoms with van der Waals surface area (Å²) in [5.41, 5.74) is 7.62. The van der Waals surface area contributed by atoms with Gasteiger partial charge in [0.1, 0.15) is 11.4 Å². The summed E-state index contributed by atoms with van der Waals surface area (Å²) in [4.78, 5) is 51.1. The predicted octanol–water partition coefficient (Wildman–Crippen LogP) is 4.91. The molecule has 0 saturated carbocycles. The van der Waals surface area contributed by atoms with Crippen molar-refractivity contribution < 1.29 is 19.2 Å². The molecule has 1 aliphatic carbocycles. The van der Waals surface area contributed by atoms with Crippen LogP contribution < -0.4 is 26.7 Å². The zero-order valence-corrected chi connectivity index (χ0v) is 25.3. The number of nitrogens with two attached hydrogens (primary N) is 1. The van der Waals surface area contributed by atoms with E-state index in [2.05, 4.69) is 26.6 Å². The number of nitro benzene ring substituents is 1. The molecule has 4 aromatic rings. The Hall–Kier alpha value is -4.71. The molecule has 5 rings (SSSR count). The molecule has 0 radical (unpaired) electrons. The number of nitro groups is 1. The summed E-state index contributed by atoms with van der Waals surface area (Å²) < 4.78 is 7.57. The minimum absolute atomic E-state index is 0.0351. The lowest BCUT2D eigenvalue weighted by Crippen LogP contribution is -2.45. The lowest BCUT2D eigenvalue weighted by molar-refractivity contribution is -0.384. The van der Waals surface area contributed by atoms with E-state index in [9.17, 15) is 24.5 Å². The Balaban J connectivity index is 1.82. The number of aromatic nitrogens is 1. The number of nitrogens with one attached hydrogen (secondary N) is 2. The molecule has 0 aliphatic heterocycles. The lowest BCUT2D eigenvalue weighted by atomic mass is 9.74. The molecule has 222 valence electrons. The molecule has 1 aliphatic rings. The summed E-state index contributed by atoms with van der Waals surface area (Å²) in [6.45, 7) is 2.01. The van der Waals surface area contributed by atoms with E-state index in [0.717, 1.165) is 11.1 Å². The zero-order valence-electron chi connectivity index (χ0n) is 23.7. The number of methoxy groups -OCH3 is 1. The average Bonchev–Trinajstić information content (AvgIpc) is 2.99. The summed E-state index contributed by atoms with van der Waals surface area (Å²) in [6.07, 6.45) is 1.02. The molecule has 2 amide bonds. The van der Waals surface area contributed by atoms with Gasteiger partial charge in [0.2, 0.25) is 5.91 Å². The summed E-state index contributed by atoms with van der Waals surface area (Å²) in [5, 5.41) is 18.5. The van der Waals surface area contributed by atoms with Crippen molar-refractivity contribution in [1.82, 2.24) is 9.88 Å². The second-order valence-electron chi connectivity index (χ2n) is 10.3. The Morgan fingerprint density at radius 3 is 2.53 bits per heavy atom. The van der Waals surface area contributed by atoms with Crippen LogP contribution in [0.1, 0.15) is 57.1 Å². The summed E-state index contributed by atoms with van der Waals surface area (Å²) in [6, 6.07) is 15.9. The predicted molar refractivity (Wildman–Crippen MR) is 167 cm³/mol. The normalized spacial score (nSPS) is 17.6. The van der Waals surface area contributed by atoms with Gasteiger partial charge in [0.25, 0.3) is 17.2 Å². The number of benzene rings is 3. The van der Waals surface area contributed by atoms with Crippen LogP contribution in [0.25, 0.3) is 10.9 Å². The van der Waals surface area contributed by atoms with Gasteiger partial charge in [-0.1, -0.05) is 53.2 Å². The van der Waals surface area contributed by atoms with Crippen LogP contribution in [-0.4, -0.2) is 41.5 Å². The molecule has 0 fully saturated rings. The Morgan fingerprint density at radius 1 is 1.14 bits per heavy atom. The third-order valence-electron chi connectivity index (χ3n) is 8.06. The van der Waals surface area contributed by atoms with Crippen molar-refractivity contribution in [2.45, 2.75) is 37.8 Å². The standard InChI is InChI=1S/C31H30BrN5O6/c1-4-18-19-9-6-5-8-16(19)12-22(35-28-21(31(40)34-2)13-17(32)14-24(28)37(41)42)29(18)36-23-10-7-11-25(43-3)27(23)20(30(33)39)15-26(36)38/h5-11,13-15,18,22,29,35H,4,12H2,1-3H3,(H2,33,39)(H,34,40)/t18?,22-,29+/m1/s1. The van der Waals surface area contributed by atoms with Gasteiger partial charge in [-0.15, -0.1) is 0 Å². The zero-order chi connectivity index (χ0) is 31.0. The SMILES string of the molecule is CCC1c2ccccc2C[C@@H](Nc2c(C(=O)NC)cc(Br)cc2[N+](=O)[O-])[C@H]1n1c(=O)cc(C(N)=O)c2c(OC)cccc21. The molecular formula is C31H30BrN5O6. The van der Waals surface area contributed by atoms with Crippen LogP contribution in [0.4, 0.5) is 11.4 Å². The van der Waals surface area contributed by atoms with Crippen LogP contribution in [0, 0.1) is 10.1 Å². The minimum atomic E-state index is -0.768. The van der Waals surface area contributed by atoms with Crippen molar-refractivity contribution in [3.63, 3.8) is 0 Å². The topological polar surface area (TPSA) is 159 Å². The smallest absolute Gasteiger partial charge is 0.294 e. The van der Waals surface area contributed by atoms with E-state index < -0.39 is 34.4 Å². The number of anilines is 1. The molecule has 1 heterocycles. The van der Waals surface area contributed by atoms with Crippen LogP contribution in [-0.2, 0) is 6.42 Å². The molecule has 12 heteroatoms. The molecule has 0 saturated heterocycles. The van der Waals surface area contributed by atoms with Crippen molar-refractivity contribution in [2.75, 3.05) is 19.5 Å². The van der Waals surface area contributed by atoms with Crippen LogP contribution in [0.5, 0.6) is 5.75 Å². The molecule has 4 N–H and O–H groups in total. The summed E-state index contributed by atoms with van der Waals surface area (Å²) in [7, 11) is 2.92. The number of nitrogens with zero attached hydrogens (tertiary/aromatic N) is 2. The van der Waals surface area contributed by atoms with Crippen LogP contribution in [0.15, 0.2) is 69.9 Å². The van der Waals surface area contributed by atoms with Crippen LogP contribution >= 0.6 is 15.9 Å². The number of pyridine rings is 1. The van der Waals surface area contributed by atoms with E-state index in [1.807, 2.05) is 31.2 Å². The highest BCUT2D eigenvalue weighted by atomic mass is 79.9. The van der Waals surface area contributed by atoms with E-state index in [1.165, 1.54) is 32.4 Å². The molecular weight excluding hydrogens is 618 g/mol. The first-order valence-corrected chi connectivity index (χ1v) is 14.5. The Bertz CT molecular complexity index is 1840. The fraction of sp³-hybridized carbons (Fsp3) is 0.258. The molecule has 11 nitrogen and oxygen atoms in total. The van der Waals surface area contributed by atoms with Gasteiger partial charge in [-0.05, 0) is 42.2 Å². The molecule has 43 heavy (non-hydrogen) atoms. The van der Waals surface area contributed by atoms with Gasteiger partial charge in [0, 0.05) is 29.6 Å². The average molecular weight is 649 g/mol. The van der Waals surface area contributed by atoms with Crippen molar-refractivity contribution >= 4 is 50.0 Å². The van der Waals surface area contributed by atoms with Gasteiger partial charge in [-0.25, -0.2) is 0 Å². The highest BCUT2D eigenvalue weighted by Gasteiger charge is 2.40. The van der Waals surface area contributed by atoms with Crippen molar-refractivity contribution in [1.29, 1.82) is 0 Å². The second-order valence-corrected chi connectivity index (χ2v) is 11.2. The number of halogens is 1. The molecule has 0 bridgehead atoms. The maximum Gasteiger partial charge on any atom is 0.294 e. The van der Waals surface area contributed by atoms with E-state index in [1.54, 1.807) is 22.8 Å². The number of primary amides is 1. The number of hydrogen-bond acceptors (Lipinski definition) is 7. The fourth-order valence-corrected chi connectivity index (χ4v) is 6.74. The van der Waals surface area contributed by atoms with E-state index in [4.69, 9.17) is 10.5 Å². The second kappa shape index (κ2) is 11.9. The lowest BCUT2D eigenvalue weighted by Gasteiger charge is -2.42. The molecule has 1 unspecified atom stereocenters. The summed E-state index contributed by atoms with van der Waals surface area (Å²) in [5.74, 6) is -1.12. The Labute approximate surface area is 255 Å². The maximum atomic E-state index is 14.0. The van der Waals surface area contributed by atoms with E-state index in [-0.39, 0.29) is 28.4 Å². The van der Waals surface area contributed by atoms with Crippen molar-refractivity contribution in [3.05, 3.63) is 108 Å². The van der Waals surface area contributed by atoms with Gasteiger partial charge in [-0.3, -0.25) is 24.5 Å². The molecule has 3 aromatic carbocycles. The van der Waals surface area contributed by atoms with E-state index >= 15 is 0 Å². The first-order valence-electron chi connectivity index (χ1n) is 13.7. The van der Waals surface area contributed by atoms with Gasteiger partial charge < -0.3 is 25.7 Å². The number of ether oxygens (including phenoxy) is 1. The fourth-order valence-electron chi connectivity index (χ4n) is 6.30. The Morgan fingerprint density at radius 2 is 1.88 bits per heavy atom. The van der Waals surface area contributed by atoms with Gasteiger partial charge in [-0.2, -0.15) is 0 Å². The largest absolute Gasteiger partial charge is 0.496 e. The number of amides is 2. The third kappa shape index (κ3) is 5.22. The minimum Gasteiger partial charge on any atom is -0.496 e. The van der Waals surface area contributed by atoms with E-state index in [0.29, 0.717) is 34.0 Å².